The van der Waals surface area contributed by atoms with Crippen LogP contribution >= 0.6 is 0 Å². The van der Waals surface area contributed by atoms with Gasteiger partial charge in [0.1, 0.15) is 11.6 Å². The Morgan fingerprint density at radius 3 is 2.62 bits per heavy atom. The number of aliphatic hydroxyl groups is 1. The number of aryl methyl sites for hydroxylation is 1. The van der Waals surface area contributed by atoms with E-state index in [1.54, 1.807) is 13.0 Å². The molecule has 1 rings (SSSR count). The van der Waals surface area contributed by atoms with Crippen LogP contribution in [0.3, 0.4) is 0 Å². The Morgan fingerprint density at radius 1 is 1.33 bits per heavy atom. The lowest BCUT2D eigenvalue weighted by molar-refractivity contribution is -0.148. The zero-order chi connectivity index (χ0) is 15.9. The van der Waals surface area contributed by atoms with Gasteiger partial charge in [-0.2, -0.15) is 13.2 Å². The Labute approximate surface area is 122 Å². The molecule has 0 spiro atoms. The van der Waals surface area contributed by atoms with E-state index in [0.29, 0.717) is 17.3 Å². The third-order valence-corrected chi connectivity index (χ3v) is 2.64. The van der Waals surface area contributed by atoms with Gasteiger partial charge in [0.15, 0.2) is 0 Å². The monoisotopic (exact) mass is 306 g/mol. The van der Waals surface area contributed by atoms with Crippen LogP contribution in [0.4, 0.5) is 19.0 Å². The molecule has 0 atom stereocenters. The molecule has 0 saturated heterocycles. The van der Waals surface area contributed by atoms with E-state index in [9.17, 15) is 13.2 Å². The molecule has 1 heterocycles. The second-order valence-electron chi connectivity index (χ2n) is 4.79. The van der Waals surface area contributed by atoms with Gasteiger partial charge >= 0.3 is 6.18 Å². The average molecular weight is 306 g/mol. The highest BCUT2D eigenvalue weighted by atomic mass is 19.4. The lowest BCUT2D eigenvalue weighted by Gasteiger charge is -2.22. The van der Waals surface area contributed by atoms with Crippen LogP contribution in [-0.2, 0) is 6.54 Å². The minimum atomic E-state index is -4.32. The number of aliphatic hydroxyl groups excluding tert-OH is 1. The Morgan fingerprint density at radius 2 is 2.05 bits per heavy atom. The normalized spacial score (nSPS) is 12.0. The number of nitrogens with zero attached hydrogens (tertiary/aromatic N) is 3. The SMILES string of the molecule is CCCNc1cc(C)nc(CN(CCO)CC(F)(F)F)n1. The van der Waals surface area contributed by atoms with Crippen LogP contribution in [0, 0.1) is 6.92 Å². The summed E-state index contributed by atoms with van der Waals surface area (Å²) in [5.41, 5.74) is 0.689. The summed E-state index contributed by atoms with van der Waals surface area (Å²) in [6.07, 6.45) is -3.40. The van der Waals surface area contributed by atoms with Crippen LogP contribution in [0.15, 0.2) is 6.07 Å². The first kappa shape index (κ1) is 17.6. The van der Waals surface area contributed by atoms with Crippen LogP contribution in [0.25, 0.3) is 0 Å². The number of nitrogens with one attached hydrogen (secondary N) is 1. The van der Waals surface area contributed by atoms with E-state index in [2.05, 4.69) is 15.3 Å². The lowest BCUT2D eigenvalue weighted by Crippen LogP contribution is -2.36. The Hall–Kier alpha value is -1.41. The molecule has 0 aliphatic rings. The minimum Gasteiger partial charge on any atom is -0.395 e. The molecule has 0 unspecified atom stereocenters. The molecule has 0 aromatic carbocycles. The van der Waals surface area contributed by atoms with Gasteiger partial charge in [-0.25, -0.2) is 9.97 Å². The van der Waals surface area contributed by atoms with Crippen molar-refractivity contribution in [1.82, 2.24) is 14.9 Å². The Balaban J connectivity index is 2.79. The quantitative estimate of drug-likeness (QED) is 0.769. The fourth-order valence-corrected chi connectivity index (χ4v) is 1.85. The highest BCUT2D eigenvalue weighted by Gasteiger charge is 2.30. The minimum absolute atomic E-state index is 0.0530. The third kappa shape index (κ3) is 7.24. The number of aromatic nitrogens is 2. The largest absolute Gasteiger partial charge is 0.401 e. The van der Waals surface area contributed by atoms with Gasteiger partial charge in [0.2, 0.25) is 0 Å². The standard InChI is InChI=1S/C13H21F3N4O/c1-3-4-17-11-7-10(2)18-12(19-11)8-20(5-6-21)9-13(14,15)16/h7,21H,3-6,8-9H2,1-2H3,(H,17,18,19). The predicted octanol–water partition coefficient (Wildman–Crippen LogP) is 1.96. The van der Waals surface area contributed by atoms with Crippen LogP contribution < -0.4 is 5.32 Å². The summed E-state index contributed by atoms with van der Waals surface area (Å²) in [6, 6.07) is 1.75. The predicted molar refractivity (Wildman–Crippen MR) is 74.0 cm³/mol. The van der Waals surface area contributed by atoms with Crippen molar-refractivity contribution in [3.05, 3.63) is 17.6 Å². The first-order chi connectivity index (χ1) is 9.84. The molecule has 5 nitrogen and oxygen atoms in total. The topological polar surface area (TPSA) is 61.3 Å². The van der Waals surface area contributed by atoms with E-state index < -0.39 is 12.7 Å². The number of rotatable bonds is 8. The highest BCUT2D eigenvalue weighted by Crippen LogP contribution is 2.17. The van der Waals surface area contributed by atoms with E-state index in [-0.39, 0.29) is 19.7 Å². The van der Waals surface area contributed by atoms with Gasteiger partial charge in [0.05, 0.1) is 19.7 Å². The van der Waals surface area contributed by atoms with Gasteiger partial charge in [-0.05, 0) is 13.3 Å². The van der Waals surface area contributed by atoms with Crippen LogP contribution in [-0.4, -0.2) is 52.4 Å². The molecular weight excluding hydrogens is 285 g/mol. The van der Waals surface area contributed by atoms with Crippen molar-refractivity contribution >= 4 is 5.82 Å². The number of anilines is 1. The summed E-state index contributed by atoms with van der Waals surface area (Å²) in [6.45, 7) is 2.94. The van der Waals surface area contributed by atoms with Gasteiger partial charge < -0.3 is 10.4 Å². The summed E-state index contributed by atoms with van der Waals surface area (Å²) in [5.74, 6) is 0.918. The third-order valence-electron chi connectivity index (χ3n) is 2.64. The first-order valence-corrected chi connectivity index (χ1v) is 6.82. The van der Waals surface area contributed by atoms with Gasteiger partial charge in [-0.1, -0.05) is 6.92 Å². The summed E-state index contributed by atoms with van der Waals surface area (Å²) < 4.78 is 37.4. The van der Waals surface area contributed by atoms with Crippen molar-refractivity contribution < 1.29 is 18.3 Å². The second kappa shape index (κ2) is 8.14. The molecule has 0 radical (unpaired) electrons. The number of hydrogen-bond acceptors (Lipinski definition) is 5. The molecule has 8 heteroatoms. The smallest absolute Gasteiger partial charge is 0.395 e. The molecule has 0 bridgehead atoms. The summed E-state index contributed by atoms with van der Waals surface area (Å²) >= 11 is 0. The molecular formula is C13H21F3N4O. The maximum absolute atomic E-state index is 12.5. The zero-order valence-corrected chi connectivity index (χ0v) is 12.2. The number of alkyl halides is 3. The maximum atomic E-state index is 12.5. The van der Waals surface area contributed by atoms with Crippen molar-refractivity contribution in [2.75, 3.05) is 31.6 Å². The molecule has 0 aliphatic heterocycles. The van der Waals surface area contributed by atoms with Crippen LogP contribution in [0.5, 0.6) is 0 Å². The molecule has 0 aliphatic carbocycles. The number of halogens is 3. The molecule has 1 aromatic heterocycles. The molecule has 0 amide bonds. The maximum Gasteiger partial charge on any atom is 0.401 e. The van der Waals surface area contributed by atoms with E-state index in [4.69, 9.17) is 5.11 Å². The van der Waals surface area contributed by atoms with Gasteiger partial charge in [0.25, 0.3) is 0 Å². The Kier molecular flexibility index (Phi) is 6.83. The van der Waals surface area contributed by atoms with Crippen molar-refractivity contribution in [2.24, 2.45) is 0 Å². The molecule has 2 N–H and O–H groups in total. The first-order valence-electron chi connectivity index (χ1n) is 6.82. The zero-order valence-electron chi connectivity index (χ0n) is 12.2. The van der Waals surface area contributed by atoms with E-state index in [0.717, 1.165) is 17.9 Å². The van der Waals surface area contributed by atoms with Gasteiger partial charge in [-0.15, -0.1) is 0 Å². The van der Waals surface area contributed by atoms with Crippen LogP contribution in [0.2, 0.25) is 0 Å². The van der Waals surface area contributed by atoms with Crippen molar-refractivity contribution in [1.29, 1.82) is 0 Å². The number of hydrogen-bond donors (Lipinski definition) is 2. The van der Waals surface area contributed by atoms with Crippen molar-refractivity contribution in [2.45, 2.75) is 33.0 Å². The molecule has 1 aromatic rings. The van der Waals surface area contributed by atoms with Crippen molar-refractivity contribution in [3.63, 3.8) is 0 Å². The van der Waals surface area contributed by atoms with Gasteiger partial charge in [-0.3, -0.25) is 4.90 Å². The molecule has 0 saturated carbocycles. The second-order valence-corrected chi connectivity index (χ2v) is 4.79. The average Bonchev–Trinajstić information content (AvgIpc) is 2.34. The highest BCUT2D eigenvalue weighted by molar-refractivity contribution is 5.35. The van der Waals surface area contributed by atoms with E-state index in [1.807, 2.05) is 6.92 Å². The molecule has 120 valence electrons. The molecule has 0 fully saturated rings. The Bertz CT molecular complexity index is 440. The summed E-state index contributed by atoms with van der Waals surface area (Å²) in [5, 5.41) is 12.0. The van der Waals surface area contributed by atoms with E-state index in [1.165, 1.54) is 0 Å². The fourth-order valence-electron chi connectivity index (χ4n) is 1.85. The molecule has 21 heavy (non-hydrogen) atoms. The van der Waals surface area contributed by atoms with Gasteiger partial charge in [0, 0.05) is 24.8 Å². The summed E-state index contributed by atoms with van der Waals surface area (Å²) in [7, 11) is 0. The lowest BCUT2D eigenvalue weighted by atomic mass is 10.3. The summed E-state index contributed by atoms with van der Waals surface area (Å²) in [4.78, 5) is 9.44. The van der Waals surface area contributed by atoms with E-state index >= 15 is 0 Å². The van der Waals surface area contributed by atoms with Crippen LogP contribution in [0.1, 0.15) is 24.9 Å². The fraction of sp³-hybridized carbons (Fsp3) is 0.692. The van der Waals surface area contributed by atoms with Crippen molar-refractivity contribution in [3.8, 4) is 0 Å².